The summed E-state index contributed by atoms with van der Waals surface area (Å²) in [7, 11) is 0. The number of thiophene rings is 1. The van der Waals surface area contributed by atoms with Gasteiger partial charge in [-0.25, -0.2) is 0 Å². The lowest BCUT2D eigenvalue weighted by Crippen LogP contribution is -2.30. The van der Waals surface area contributed by atoms with Crippen LogP contribution in [-0.2, 0) is 0 Å². The van der Waals surface area contributed by atoms with Gasteiger partial charge in [-0.15, -0.1) is 11.3 Å². The zero-order chi connectivity index (χ0) is 18.7. The van der Waals surface area contributed by atoms with Crippen LogP contribution in [0.15, 0.2) is 48.5 Å². The first kappa shape index (κ1) is 18.1. The van der Waals surface area contributed by atoms with Crippen LogP contribution in [0.4, 0.5) is 5.69 Å². The van der Waals surface area contributed by atoms with Gasteiger partial charge in [-0.1, -0.05) is 24.3 Å². The highest BCUT2D eigenvalue weighted by Crippen LogP contribution is 2.31. The third kappa shape index (κ3) is 3.48. The normalized spacial score (nSPS) is 10.7. The molecule has 26 heavy (non-hydrogen) atoms. The van der Waals surface area contributed by atoms with E-state index in [1.165, 1.54) is 11.3 Å². The maximum Gasteiger partial charge on any atom is 0.266 e. The predicted octanol–water partition coefficient (Wildman–Crippen LogP) is 4.94. The van der Waals surface area contributed by atoms with Crippen molar-refractivity contribution in [3.63, 3.8) is 0 Å². The summed E-state index contributed by atoms with van der Waals surface area (Å²) in [6.45, 7) is 7.20. The molecule has 134 valence electrons. The minimum atomic E-state index is -0.142. The molecule has 3 rings (SSSR count). The van der Waals surface area contributed by atoms with Gasteiger partial charge in [-0.2, -0.15) is 0 Å². The lowest BCUT2D eigenvalue weighted by molar-refractivity contribution is 0.0772. The van der Waals surface area contributed by atoms with Crippen molar-refractivity contribution in [3.05, 3.63) is 64.5 Å². The van der Waals surface area contributed by atoms with Crippen molar-refractivity contribution in [2.75, 3.05) is 18.4 Å². The molecule has 0 unspecified atom stereocenters. The number of nitrogens with one attached hydrogen (secondary N) is 1. The first-order valence-electron chi connectivity index (χ1n) is 8.74. The summed E-state index contributed by atoms with van der Waals surface area (Å²) in [5, 5.41) is 4.04. The number of fused-ring (bicyclic) bond motifs is 1. The van der Waals surface area contributed by atoms with Gasteiger partial charge in [0.2, 0.25) is 0 Å². The molecular weight excluding hydrogens is 344 g/mol. The molecule has 0 aliphatic carbocycles. The van der Waals surface area contributed by atoms with Crippen LogP contribution in [0.2, 0.25) is 0 Å². The van der Waals surface area contributed by atoms with Gasteiger partial charge in [0.25, 0.3) is 11.8 Å². The van der Waals surface area contributed by atoms with E-state index in [9.17, 15) is 9.59 Å². The number of hydrogen-bond donors (Lipinski definition) is 1. The Balaban J connectivity index is 1.84. The first-order chi connectivity index (χ1) is 12.5. The molecule has 3 aromatic rings. The van der Waals surface area contributed by atoms with E-state index in [4.69, 9.17) is 0 Å². The van der Waals surface area contributed by atoms with Gasteiger partial charge in [0, 0.05) is 29.0 Å². The minimum Gasteiger partial charge on any atom is -0.339 e. The summed E-state index contributed by atoms with van der Waals surface area (Å²) in [6.07, 6.45) is 0. The van der Waals surface area contributed by atoms with Crippen LogP contribution in [0.25, 0.3) is 10.1 Å². The number of nitrogens with zero attached hydrogens (tertiary/aromatic N) is 1. The molecule has 1 heterocycles. The number of hydrogen-bond acceptors (Lipinski definition) is 3. The highest BCUT2D eigenvalue weighted by atomic mass is 32.1. The maximum absolute atomic E-state index is 12.7. The SMILES string of the molecule is CCN(CC)C(=O)c1cccc(NC(=O)c2sc3ccccc3c2C)c1. The highest BCUT2D eigenvalue weighted by Gasteiger charge is 2.17. The zero-order valence-corrected chi connectivity index (χ0v) is 16.0. The molecule has 0 aliphatic heterocycles. The van der Waals surface area contributed by atoms with Crippen molar-refractivity contribution in [3.8, 4) is 0 Å². The molecule has 0 saturated heterocycles. The molecule has 1 N–H and O–H groups in total. The van der Waals surface area contributed by atoms with Gasteiger partial charge in [0.15, 0.2) is 0 Å². The second kappa shape index (κ2) is 7.70. The van der Waals surface area contributed by atoms with Crippen LogP contribution >= 0.6 is 11.3 Å². The van der Waals surface area contributed by atoms with Crippen molar-refractivity contribution in [1.29, 1.82) is 0 Å². The predicted molar refractivity (Wildman–Crippen MR) is 108 cm³/mol. The van der Waals surface area contributed by atoms with Crippen LogP contribution in [0.5, 0.6) is 0 Å². The Morgan fingerprint density at radius 1 is 1.04 bits per heavy atom. The molecule has 1 aromatic heterocycles. The smallest absolute Gasteiger partial charge is 0.266 e. The maximum atomic E-state index is 12.7. The second-order valence-corrected chi connectivity index (χ2v) is 7.12. The number of aryl methyl sites for hydroxylation is 1. The molecule has 4 nitrogen and oxygen atoms in total. The molecular formula is C21H22N2O2S. The molecule has 0 atom stereocenters. The fraction of sp³-hybridized carbons (Fsp3) is 0.238. The molecule has 2 aromatic carbocycles. The average molecular weight is 366 g/mol. The van der Waals surface area contributed by atoms with Crippen LogP contribution in [0.1, 0.15) is 39.4 Å². The van der Waals surface area contributed by atoms with Crippen molar-refractivity contribution < 1.29 is 9.59 Å². The number of carbonyl (C=O) groups excluding carboxylic acids is 2. The Hall–Kier alpha value is -2.66. The third-order valence-electron chi connectivity index (χ3n) is 4.47. The lowest BCUT2D eigenvalue weighted by Gasteiger charge is -2.19. The summed E-state index contributed by atoms with van der Waals surface area (Å²) in [4.78, 5) is 27.7. The van der Waals surface area contributed by atoms with Crippen LogP contribution < -0.4 is 5.32 Å². The Bertz CT molecular complexity index is 958. The molecule has 0 saturated carbocycles. The minimum absolute atomic E-state index is 0.0239. The van der Waals surface area contributed by atoms with Gasteiger partial charge in [-0.3, -0.25) is 9.59 Å². The Morgan fingerprint density at radius 2 is 1.77 bits per heavy atom. The largest absolute Gasteiger partial charge is 0.339 e. The second-order valence-electron chi connectivity index (χ2n) is 6.06. The molecule has 5 heteroatoms. The van der Waals surface area contributed by atoms with Crippen LogP contribution in [0.3, 0.4) is 0 Å². The summed E-state index contributed by atoms with van der Waals surface area (Å²) in [5.74, 6) is -0.166. The van der Waals surface area contributed by atoms with Gasteiger partial charge in [0.1, 0.15) is 0 Å². The molecule has 0 fully saturated rings. The van der Waals surface area contributed by atoms with E-state index in [1.54, 1.807) is 29.2 Å². The average Bonchev–Trinajstić information content (AvgIpc) is 3.00. The monoisotopic (exact) mass is 366 g/mol. The Morgan fingerprint density at radius 3 is 2.46 bits per heavy atom. The molecule has 2 amide bonds. The summed E-state index contributed by atoms with van der Waals surface area (Å²) in [6, 6.07) is 15.1. The van der Waals surface area contributed by atoms with Crippen LogP contribution in [-0.4, -0.2) is 29.8 Å². The third-order valence-corrected chi connectivity index (χ3v) is 5.74. The molecule has 0 bridgehead atoms. The van der Waals surface area contributed by atoms with Crippen molar-refractivity contribution >= 4 is 38.9 Å². The number of anilines is 1. The lowest BCUT2D eigenvalue weighted by atomic mass is 10.1. The van der Waals surface area contributed by atoms with E-state index in [-0.39, 0.29) is 11.8 Å². The van der Waals surface area contributed by atoms with Gasteiger partial charge in [0.05, 0.1) is 4.88 Å². The van der Waals surface area contributed by atoms with E-state index in [0.29, 0.717) is 29.2 Å². The van der Waals surface area contributed by atoms with Gasteiger partial charge in [-0.05, 0) is 56.0 Å². The van der Waals surface area contributed by atoms with Crippen LogP contribution in [0, 0.1) is 6.92 Å². The number of rotatable bonds is 5. The number of amides is 2. The topological polar surface area (TPSA) is 49.4 Å². The number of benzene rings is 2. The summed E-state index contributed by atoms with van der Waals surface area (Å²) >= 11 is 1.49. The van der Waals surface area contributed by atoms with E-state index in [0.717, 1.165) is 15.6 Å². The van der Waals surface area contributed by atoms with Gasteiger partial charge < -0.3 is 10.2 Å². The Labute approximate surface area is 157 Å². The first-order valence-corrected chi connectivity index (χ1v) is 9.55. The summed E-state index contributed by atoms with van der Waals surface area (Å²) < 4.78 is 1.10. The zero-order valence-electron chi connectivity index (χ0n) is 15.2. The fourth-order valence-corrected chi connectivity index (χ4v) is 4.11. The fourth-order valence-electron chi connectivity index (χ4n) is 3.00. The number of carbonyl (C=O) groups is 2. The van der Waals surface area contributed by atoms with E-state index >= 15 is 0 Å². The van der Waals surface area contributed by atoms with Crippen molar-refractivity contribution in [2.45, 2.75) is 20.8 Å². The van der Waals surface area contributed by atoms with E-state index < -0.39 is 0 Å². The van der Waals surface area contributed by atoms with Crippen molar-refractivity contribution in [1.82, 2.24) is 4.90 Å². The van der Waals surface area contributed by atoms with E-state index in [1.807, 2.05) is 45.0 Å². The quantitative estimate of drug-likeness (QED) is 0.695. The standard InChI is InChI=1S/C21H22N2O2S/c1-4-23(5-2)21(25)15-9-8-10-16(13-15)22-20(24)19-14(3)17-11-6-7-12-18(17)26-19/h6-13H,4-5H2,1-3H3,(H,22,24). The molecule has 0 radical (unpaired) electrons. The molecule has 0 spiro atoms. The van der Waals surface area contributed by atoms with E-state index in [2.05, 4.69) is 5.32 Å². The van der Waals surface area contributed by atoms with Gasteiger partial charge >= 0.3 is 0 Å². The highest BCUT2D eigenvalue weighted by molar-refractivity contribution is 7.21. The van der Waals surface area contributed by atoms with Crippen molar-refractivity contribution in [2.24, 2.45) is 0 Å². The Kier molecular flexibility index (Phi) is 5.38. The molecule has 0 aliphatic rings. The summed E-state index contributed by atoms with van der Waals surface area (Å²) in [5.41, 5.74) is 2.20.